The summed E-state index contributed by atoms with van der Waals surface area (Å²) in [7, 11) is 0. The van der Waals surface area contributed by atoms with Gasteiger partial charge in [0, 0.05) is 34.4 Å². The van der Waals surface area contributed by atoms with Crippen molar-refractivity contribution in [3.05, 3.63) is 95.9 Å². The van der Waals surface area contributed by atoms with Gasteiger partial charge in [-0.05, 0) is 48.4 Å². The Hall–Kier alpha value is -4.30. The van der Waals surface area contributed by atoms with Crippen LogP contribution >= 0.6 is 0 Å². The minimum Gasteiger partial charge on any atom is -0.361 e. The number of anilines is 2. The number of nitrogens with zero attached hydrogens (tertiary/aromatic N) is 1. The first-order valence-electron chi connectivity index (χ1n) is 11.9. The smallest absolute Gasteiger partial charge is 0.250 e. The Kier molecular flexibility index (Phi) is 4.29. The number of carbonyl (C=O) groups is 3. The molecule has 4 atom stereocenters. The molecule has 3 N–H and O–H groups in total. The third-order valence-electron chi connectivity index (χ3n) is 7.82. The summed E-state index contributed by atoms with van der Waals surface area (Å²) in [6.45, 7) is 0. The molecule has 7 nitrogen and oxygen atoms in total. The van der Waals surface area contributed by atoms with E-state index < -0.39 is 35.1 Å². The average Bonchev–Trinajstić information content (AvgIpc) is 3.59. The van der Waals surface area contributed by atoms with E-state index in [4.69, 9.17) is 0 Å². The van der Waals surface area contributed by atoms with E-state index in [-0.39, 0.29) is 11.8 Å². The maximum absolute atomic E-state index is 13.9. The van der Waals surface area contributed by atoms with Crippen molar-refractivity contribution in [1.82, 2.24) is 10.3 Å². The maximum atomic E-state index is 13.9. The lowest BCUT2D eigenvalue weighted by Crippen LogP contribution is -2.53. The number of hydrogen-bond acceptors (Lipinski definition) is 4. The number of aromatic nitrogens is 1. The minimum absolute atomic E-state index is 0.300. The van der Waals surface area contributed by atoms with Gasteiger partial charge in [0.25, 0.3) is 0 Å². The van der Waals surface area contributed by atoms with Gasteiger partial charge < -0.3 is 10.3 Å². The van der Waals surface area contributed by atoms with Crippen molar-refractivity contribution in [3.8, 4) is 0 Å². The summed E-state index contributed by atoms with van der Waals surface area (Å²) in [4.78, 5) is 45.8. The Morgan fingerprint density at radius 1 is 0.889 bits per heavy atom. The van der Waals surface area contributed by atoms with Crippen molar-refractivity contribution in [2.45, 2.75) is 18.0 Å². The number of H-pyrrole nitrogens is 1. The molecule has 0 saturated carbocycles. The van der Waals surface area contributed by atoms with Crippen molar-refractivity contribution in [2.75, 3.05) is 10.2 Å². The SMILES string of the molecule is O=C1[C@H]2[C@@H](C(=O)N1c1ccc(F)cc1)[C@@]1(N[C@@H]2Cc2c[nH]c3ccccc23)C(=O)Nc2ccccc21. The summed E-state index contributed by atoms with van der Waals surface area (Å²) >= 11 is 0. The summed E-state index contributed by atoms with van der Waals surface area (Å²) in [5.41, 5.74) is 2.18. The zero-order valence-corrected chi connectivity index (χ0v) is 19.0. The first-order valence-corrected chi connectivity index (χ1v) is 11.9. The number of hydrogen-bond donors (Lipinski definition) is 3. The van der Waals surface area contributed by atoms with Crippen molar-refractivity contribution < 1.29 is 18.8 Å². The molecule has 0 unspecified atom stereocenters. The number of nitrogens with one attached hydrogen (secondary N) is 3. The zero-order valence-electron chi connectivity index (χ0n) is 19.0. The molecule has 3 aromatic carbocycles. The highest BCUT2D eigenvalue weighted by Crippen LogP contribution is 2.54. The van der Waals surface area contributed by atoms with Gasteiger partial charge in [-0.1, -0.05) is 36.4 Å². The van der Waals surface area contributed by atoms with Crippen LogP contribution in [-0.2, 0) is 26.3 Å². The number of imide groups is 1. The molecule has 4 aromatic rings. The van der Waals surface area contributed by atoms with Crippen LogP contribution in [0.3, 0.4) is 0 Å². The molecular formula is C28H21FN4O3. The van der Waals surface area contributed by atoms with E-state index >= 15 is 0 Å². The van der Waals surface area contributed by atoms with E-state index in [1.165, 1.54) is 24.3 Å². The summed E-state index contributed by atoms with van der Waals surface area (Å²) < 4.78 is 13.6. The van der Waals surface area contributed by atoms with E-state index in [0.717, 1.165) is 21.4 Å². The molecule has 8 heteroatoms. The quantitative estimate of drug-likeness (QED) is 0.392. The molecule has 4 heterocycles. The number of fused-ring (bicyclic) bond motifs is 5. The Balaban J connectivity index is 1.37. The molecule has 3 amide bonds. The van der Waals surface area contributed by atoms with Gasteiger partial charge in [-0.2, -0.15) is 0 Å². The number of carbonyl (C=O) groups excluding carboxylic acids is 3. The van der Waals surface area contributed by atoms with Gasteiger partial charge in [-0.25, -0.2) is 9.29 Å². The summed E-state index contributed by atoms with van der Waals surface area (Å²) in [5, 5.41) is 7.40. The lowest BCUT2D eigenvalue weighted by atomic mass is 9.76. The van der Waals surface area contributed by atoms with E-state index in [1.807, 2.05) is 48.7 Å². The number of halogens is 1. The van der Waals surface area contributed by atoms with Gasteiger partial charge in [-0.15, -0.1) is 0 Å². The maximum Gasteiger partial charge on any atom is 0.250 e. The molecule has 3 aliphatic heterocycles. The summed E-state index contributed by atoms with van der Waals surface area (Å²) in [5.74, 6) is -3.36. The molecule has 1 spiro atoms. The average molecular weight is 480 g/mol. The number of para-hydroxylation sites is 2. The van der Waals surface area contributed by atoms with Crippen LogP contribution in [0.1, 0.15) is 11.1 Å². The second kappa shape index (κ2) is 7.35. The van der Waals surface area contributed by atoms with Crippen molar-refractivity contribution >= 4 is 40.0 Å². The van der Waals surface area contributed by atoms with Crippen molar-refractivity contribution in [1.29, 1.82) is 0 Å². The minimum atomic E-state index is -1.38. The van der Waals surface area contributed by atoms with Crippen LogP contribution in [0.4, 0.5) is 15.8 Å². The first-order chi connectivity index (χ1) is 17.5. The third kappa shape index (κ3) is 2.67. The number of benzene rings is 3. The topological polar surface area (TPSA) is 94.3 Å². The Labute approximate surface area is 205 Å². The molecule has 2 fully saturated rings. The molecule has 178 valence electrons. The van der Waals surface area contributed by atoms with Crippen LogP contribution in [0.2, 0.25) is 0 Å². The Morgan fingerprint density at radius 3 is 2.47 bits per heavy atom. The van der Waals surface area contributed by atoms with Gasteiger partial charge in [0.1, 0.15) is 11.4 Å². The Morgan fingerprint density at radius 2 is 1.64 bits per heavy atom. The fourth-order valence-corrected chi connectivity index (χ4v) is 6.32. The number of amides is 3. The van der Waals surface area contributed by atoms with Crippen LogP contribution in [0.5, 0.6) is 0 Å². The zero-order chi connectivity index (χ0) is 24.6. The van der Waals surface area contributed by atoms with Crippen LogP contribution < -0.4 is 15.5 Å². The van der Waals surface area contributed by atoms with Crippen molar-refractivity contribution in [3.63, 3.8) is 0 Å². The molecule has 0 aliphatic carbocycles. The predicted molar refractivity (Wildman–Crippen MR) is 132 cm³/mol. The normalized spacial score (nSPS) is 26.6. The van der Waals surface area contributed by atoms with E-state index in [0.29, 0.717) is 23.4 Å². The van der Waals surface area contributed by atoms with Crippen LogP contribution in [0.25, 0.3) is 10.9 Å². The largest absolute Gasteiger partial charge is 0.361 e. The first kappa shape index (κ1) is 21.0. The van der Waals surface area contributed by atoms with Gasteiger partial charge >= 0.3 is 0 Å². The van der Waals surface area contributed by atoms with Gasteiger partial charge in [0.2, 0.25) is 17.7 Å². The molecule has 3 aliphatic rings. The highest BCUT2D eigenvalue weighted by atomic mass is 19.1. The van der Waals surface area contributed by atoms with Gasteiger partial charge in [0.15, 0.2) is 0 Å². The molecule has 0 radical (unpaired) electrons. The van der Waals surface area contributed by atoms with E-state index in [9.17, 15) is 18.8 Å². The monoisotopic (exact) mass is 480 g/mol. The fraction of sp³-hybridized carbons (Fsp3) is 0.179. The molecular weight excluding hydrogens is 459 g/mol. The highest BCUT2D eigenvalue weighted by Gasteiger charge is 2.70. The second-order valence-electron chi connectivity index (χ2n) is 9.61. The van der Waals surface area contributed by atoms with Crippen LogP contribution in [0, 0.1) is 17.7 Å². The predicted octanol–water partition coefficient (Wildman–Crippen LogP) is 3.47. The molecule has 7 rings (SSSR count). The third-order valence-corrected chi connectivity index (χ3v) is 7.82. The van der Waals surface area contributed by atoms with Crippen LogP contribution in [-0.4, -0.2) is 28.7 Å². The lowest BCUT2D eigenvalue weighted by Gasteiger charge is -2.29. The molecule has 1 aromatic heterocycles. The summed E-state index contributed by atoms with van der Waals surface area (Å²) in [6, 6.07) is 19.9. The van der Waals surface area contributed by atoms with Crippen LogP contribution in [0.15, 0.2) is 79.0 Å². The molecule has 0 bridgehead atoms. The van der Waals surface area contributed by atoms with Gasteiger partial charge in [-0.3, -0.25) is 19.7 Å². The number of rotatable bonds is 3. The summed E-state index contributed by atoms with van der Waals surface area (Å²) in [6.07, 6.45) is 2.35. The standard InChI is InChI=1S/C28H21FN4O3/c29-16-9-11-17(12-10-16)33-25(34)23-22(13-15-14-30-20-7-3-1-5-18(15)20)32-28(24(23)26(33)35)19-6-2-4-8-21(19)31-27(28)36/h1-12,14,22-24,30,32H,13H2,(H,31,36)/t22-,23-,24+,28-/m1/s1. The van der Waals surface area contributed by atoms with Crippen molar-refractivity contribution in [2.24, 2.45) is 11.8 Å². The Bertz CT molecular complexity index is 1580. The van der Waals surface area contributed by atoms with Gasteiger partial charge in [0.05, 0.1) is 17.5 Å². The second-order valence-corrected chi connectivity index (χ2v) is 9.61. The molecule has 2 saturated heterocycles. The fourth-order valence-electron chi connectivity index (χ4n) is 6.32. The van der Waals surface area contributed by atoms with E-state index in [1.54, 1.807) is 6.07 Å². The molecule has 36 heavy (non-hydrogen) atoms. The number of aromatic amines is 1. The highest BCUT2D eigenvalue weighted by molar-refractivity contribution is 6.25. The lowest BCUT2D eigenvalue weighted by molar-refractivity contribution is -0.130. The van der Waals surface area contributed by atoms with E-state index in [2.05, 4.69) is 15.6 Å².